The van der Waals surface area contributed by atoms with Gasteiger partial charge in [-0.1, -0.05) is 44.2 Å². The Hall–Kier alpha value is -4.37. The first-order chi connectivity index (χ1) is 21.2. The van der Waals surface area contributed by atoms with Crippen molar-refractivity contribution in [1.82, 2.24) is 36.1 Å². The highest BCUT2D eigenvalue weighted by molar-refractivity contribution is 7.10. The van der Waals surface area contributed by atoms with Crippen LogP contribution in [0.15, 0.2) is 41.1 Å². The van der Waals surface area contributed by atoms with Gasteiger partial charge in [-0.05, 0) is 24.3 Å². The summed E-state index contributed by atoms with van der Waals surface area (Å²) in [4.78, 5) is 74.9. The van der Waals surface area contributed by atoms with Crippen LogP contribution in [0.3, 0.4) is 0 Å². The molecule has 2 aromatic heterocycles. The van der Waals surface area contributed by atoms with Crippen LogP contribution in [-0.2, 0) is 20.7 Å². The number of nitrogens with zero attached hydrogens (tertiary/aromatic N) is 3. The maximum absolute atomic E-state index is 13.4. The van der Waals surface area contributed by atoms with Crippen LogP contribution >= 0.6 is 22.7 Å². The smallest absolute Gasteiger partial charge is 0.407 e. The Bertz CT molecular complexity index is 1520. The number of carbonyl (C=O) groups excluding carboxylic acids is 5. The second kappa shape index (κ2) is 13.9. The van der Waals surface area contributed by atoms with Crippen LogP contribution in [0.1, 0.15) is 68.9 Å². The lowest BCUT2D eigenvalue weighted by Gasteiger charge is -2.26. The Labute approximate surface area is 261 Å². The third-order valence-corrected chi connectivity index (χ3v) is 9.04. The lowest BCUT2D eigenvalue weighted by Crippen LogP contribution is -2.50. The van der Waals surface area contributed by atoms with Crippen molar-refractivity contribution in [2.75, 3.05) is 26.2 Å². The Morgan fingerprint density at radius 2 is 1.68 bits per heavy atom. The van der Waals surface area contributed by atoms with E-state index in [1.807, 2.05) is 44.2 Å². The average molecular weight is 640 g/mol. The Morgan fingerprint density at radius 3 is 2.39 bits per heavy atom. The number of fused-ring (bicyclic) bond motifs is 4. The van der Waals surface area contributed by atoms with Gasteiger partial charge in [-0.2, -0.15) is 0 Å². The minimum Gasteiger partial charge on any atom is -0.447 e. The molecule has 0 radical (unpaired) electrons. The molecule has 0 spiro atoms. The van der Waals surface area contributed by atoms with Gasteiger partial charge in [-0.25, -0.2) is 14.8 Å². The number of ether oxygens (including phenoxy) is 1. The molecule has 0 unspecified atom stereocenters. The molecule has 3 aromatic rings. The Balaban J connectivity index is 1.45. The SMILES string of the molecule is CC(C)[C@@H]1NC(=O)c2csc(n2)[C@H](Cc2ccccc2)NC(=O)CN(C(=O)[C@@H]2COC(=O)N2)CCCNC(=O)c2csc1n2. The van der Waals surface area contributed by atoms with E-state index < -0.39 is 41.9 Å². The molecule has 4 bridgehead atoms. The van der Waals surface area contributed by atoms with Gasteiger partial charge in [0.2, 0.25) is 11.8 Å². The largest absolute Gasteiger partial charge is 0.447 e. The van der Waals surface area contributed by atoms with Crippen molar-refractivity contribution in [1.29, 1.82) is 0 Å². The molecule has 3 atom stereocenters. The summed E-state index contributed by atoms with van der Waals surface area (Å²) in [5.41, 5.74) is 1.37. The first-order valence-electron chi connectivity index (χ1n) is 14.2. The fourth-order valence-electron chi connectivity index (χ4n) is 4.85. The predicted molar refractivity (Wildman–Crippen MR) is 162 cm³/mol. The van der Waals surface area contributed by atoms with Gasteiger partial charge in [0.05, 0.1) is 18.6 Å². The summed E-state index contributed by atoms with van der Waals surface area (Å²) in [5.74, 6) is -1.72. The third kappa shape index (κ3) is 7.58. The number of benzene rings is 1. The van der Waals surface area contributed by atoms with Crippen LogP contribution in [0, 0.1) is 5.92 Å². The number of rotatable bonds is 4. The van der Waals surface area contributed by atoms with E-state index in [1.54, 1.807) is 10.8 Å². The average Bonchev–Trinajstić information content (AvgIpc) is 3.78. The van der Waals surface area contributed by atoms with Crippen molar-refractivity contribution < 1.29 is 28.7 Å². The molecule has 5 rings (SSSR count). The number of thiazole rings is 2. The maximum atomic E-state index is 13.4. The molecule has 1 aromatic carbocycles. The fourth-order valence-corrected chi connectivity index (χ4v) is 6.72. The molecular formula is C29H33N7O6S2. The highest BCUT2D eigenvalue weighted by Gasteiger charge is 2.34. The quantitative estimate of drug-likeness (QED) is 0.337. The van der Waals surface area contributed by atoms with Crippen molar-refractivity contribution in [3.63, 3.8) is 0 Å². The number of hydrogen-bond acceptors (Lipinski definition) is 10. The van der Waals surface area contributed by atoms with E-state index in [1.165, 1.54) is 27.6 Å². The molecule has 0 saturated carbocycles. The van der Waals surface area contributed by atoms with Crippen molar-refractivity contribution in [3.05, 3.63) is 68.1 Å². The molecule has 2 aliphatic heterocycles. The van der Waals surface area contributed by atoms with Gasteiger partial charge in [-0.15, -0.1) is 22.7 Å². The van der Waals surface area contributed by atoms with Crippen LogP contribution in [0.5, 0.6) is 0 Å². The number of nitrogens with one attached hydrogen (secondary N) is 4. The van der Waals surface area contributed by atoms with Gasteiger partial charge in [0.15, 0.2) is 0 Å². The number of carbonyl (C=O) groups is 5. The number of cyclic esters (lactones) is 1. The summed E-state index contributed by atoms with van der Waals surface area (Å²) in [5, 5.41) is 15.7. The lowest BCUT2D eigenvalue weighted by atomic mass is 10.0. The van der Waals surface area contributed by atoms with E-state index >= 15 is 0 Å². The Kier molecular flexibility index (Phi) is 9.85. The van der Waals surface area contributed by atoms with Crippen LogP contribution < -0.4 is 21.3 Å². The summed E-state index contributed by atoms with van der Waals surface area (Å²) in [6.07, 6.45) is 0.0488. The van der Waals surface area contributed by atoms with Crippen LogP contribution in [-0.4, -0.2) is 76.9 Å². The second-order valence-electron chi connectivity index (χ2n) is 10.8. The zero-order valence-corrected chi connectivity index (χ0v) is 25.8. The van der Waals surface area contributed by atoms with Gasteiger partial charge < -0.3 is 30.9 Å². The lowest BCUT2D eigenvalue weighted by molar-refractivity contribution is -0.137. The topological polar surface area (TPSA) is 172 Å². The molecule has 4 heterocycles. The summed E-state index contributed by atoms with van der Waals surface area (Å²) < 4.78 is 4.89. The van der Waals surface area contributed by atoms with Crippen molar-refractivity contribution in [2.24, 2.45) is 5.92 Å². The Morgan fingerprint density at radius 1 is 0.977 bits per heavy atom. The minimum absolute atomic E-state index is 0.0167. The molecule has 44 heavy (non-hydrogen) atoms. The molecule has 1 saturated heterocycles. The molecule has 2 aliphatic rings. The molecule has 232 valence electrons. The van der Waals surface area contributed by atoms with E-state index in [0.717, 1.165) is 5.56 Å². The monoisotopic (exact) mass is 639 g/mol. The van der Waals surface area contributed by atoms with Crippen LogP contribution in [0.2, 0.25) is 0 Å². The fraction of sp³-hybridized carbons (Fsp3) is 0.414. The van der Waals surface area contributed by atoms with Crippen molar-refractivity contribution in [2.45, 2.75) is 44.8 Å². The molecule has 13 nitrogen and oxygen atoms in total. The van der Waals surface area contributed by atoms with E-state index in [0.29, 0.717) is 22.9 Å². The van der Waals surface area contributed by atoms with Crippen LogP contribution in [0.25, 0.3) is 0 Å². The highest BCUT2D eigenvalue weighted by atomic mass is 32.1. The predicted octanol–water partition coefficient (Wildman–Crippen LogP) is 2.20. The number of amides is 5. The minimum atomic E-state index is -0.922. The molecular weight excluding hydrogens is 606 g/mol. The summed E-state index contributed by atoms with van der Waals surface area (Å²) in [6.45, 7) is 3.82. The standard InChI is InChI=1S/C29H33N7O6S2/c1-16(2)23-27-33-20(14-44-27)24(38)30-9-6-10-36(28(40)19-13-42-29(41)34-19)12-22(37)31-18(11-17-7-4-3-5-8-17)26-32-21(15-43-26)25(39)35-23/h3-5,7-8,14-16,18-19,23H,6,9-13H2,1-2H3,(H,30,38)(H,31,37)(H,34,41)(H,35,39)/t18-,19-,23-/m0/s1. The number of hydrogen-bond donors (Lipinski definition) is 4. The van der Waals surface area contributed by atoms with Crippen molar-refractivity contribution in [3.8, 4) is 0 Å². The van der Waals surface area contributed by atoms with E-state index in [2.05, 4.69) is 31.2 Å². The molecule has 5 amide bonds. The first kappa shape index (κ1) is 31.1. The van der Waals surface area contributed by atoms with Gasteiger partial charge >= 0.3 is 6.09 Å². The summed E-state index contributed by atoms with van der Waals surface area (Å²) in [7, 11) is 0. The normalized spacial score (nSPS) is 21.7. The number of aromatic nitrogens is 2. The third-order valence-electron chi connectivity index (χ3n) is 7.15. The van der Waals surface area contributed by atoms with Crippen LogP contribution in [0.4, 0.5) is 4.79 Å². The van der Waals surface area contributed by atoms with E-state index in [4.69, 9.17) is 4.74 Å². The molecule has 4 N–H and O–H groups in total. The maximum Gasteiger partial charge on any atom is 0.407 e. The molecule has 15 heteroatoms. The summed E-state index contributed by atoms with van der Waals surface area (Å²) >= 11 is 2.54. The first-order valence-corrected chi connectivity index (χ1v) is 16.0. The second-order valence-corrected chi connectivity index (χ2v) is 12.6. The van der Waals surface area contributed by atoms with Gasteiger partial charge in [-0.3, -0.25) is 19.2 Å². The van der Waals surface area contributed by atoms with Gasteiger partial charge in [0.25, 0.3) is 11.8 Å². The van der Waals surface area contributed by atoms with E-state index in [9.17, 15) is 24.0 Å². The van der Waals surface area contributed by atoms with Crippen molar-refractivity contribution >= 4 is 52.4 Å². The number of alkyl carbamates (subject to hydrolysis) is 1. The zero-order valence-electron chi connectivity index (χ0n) is 24.2. The van der Waals surface area contributed by atoms with Gasteiger partial charge in [0, 0.05) is 23.8 Å². The summed E-state index contributed by atoms with van der Waals surface area (Å²) in [6, 6.07) is 7.62. The zero-order chi connectivity index (χ0) is 31.2. The van der Waals surface area contributed by atoms with E-state index in [-0.39, 0.29) is 49.5 Å². The van der Waals surface area contributed by atoms with Gasteiger partial charge in [0.1, 0.15) is 34.1 Å². The highest BCUT2D eigenvalue weighted by Crippen LogP contribution is 2.27. The molecule has 1 fully saturated rings. The molecule has 0 aliphatic carbocycles.